The highest BCUT2D eigenvalue weighted by molar-refractivity contribution is 7.86. The highest BCUT2D eigenvalue weighted by atomic mass is 32.2. The van der Waals surface area contributed by atoms with Crippen LogP contribution in [0.2, 0.25) is 0 Å². The van der Waals surface area contributed by atoms with Crippen LogP contribution < -0.4 is 16.5 Å². The number of benzene rings is 3. The standard InChI is InChI=1S/C27H27N3O9S2/c1-3-15(31)7-6-14-30(2)27(32)17-9-5-4-8-16(17)22-18-10-12-20(28)25(40(33,34)35)23(18)39-24-19(22)11-13-21(29)26(24)41(36,37)38/h4-5,8-13,28H,3,6-7,14,29H2,1-2H3,(H,33,34,35)(H,36,37,38)/p+1. The molecule has 2 aliphatic rings. The molecule has 0 bridgehead atoms. The summed E-state index contributed by atoms with van der Waals surface area (Å²) in [6.07, 6.45) is 1.15. The van der Waals surface area contributed by atoms with Gasteiger partial charge in [0.2, 0.25) is 10.3 Å². The van der Waals surface area contributed by atoms with Gasteiger partial charge in [-0.15, -0.1) is 0 Å². The number of carbonyl (C=O) groups excluding carboxylic acids is 2. The van der Waals surface area contributed by atoms with Crippen molar-refractivity contribution in [3.8, 4) is 22.5 Å². The van der Waals surface area contributed by atoms with Gasteiger partial charge in [0.1, 0.15) is 5.78 Å². The van der Waals surface area contributed by atoms with Crippen molar-refractivity contribution in [2.75, 3.05) is 19.3 Å². The van der Waals surface area contributed by atoms with Crippen molar-refractivity contribution in [1.82, 2.24) is 4.90 Å². The van der Waals surface area contributed by atoms with Gasteiger partial charge in [0, 0.05) is 54.6 Å². The van der Waals surface area contributed by atoms with Crippen LogP contribution in [0.3, 0.4) is 0 Å². The monoisotopic (exact) mass is 602 g/mol. The summed E-state index contributed by atoms with van der Waals surface area (Å²) in [6, 6.07) is 11.6. The number of nitrogens with zero attached hydrogens (tertiary/aromatic N) is 1. The zero-order valence-electron chi connectivity index (χ0n) is 22.1. The molecule has 2 aromatic carbocycles. The Bertz CT molecular complexity index is 1950. The molecule has 4 rings (SSSR count). The second kappa shape index (κ2) is 11.0. The maximum atomic E-state index is 13.6. The molecule has 12 nitrogen and oxygen atoms in total. The Morgan fingerprint density at radius 3 is 2.24 bits per heavy atom. The highest BCUT2D eigenvalue weighted by Gasteiger charge is 2.33. The predicted octanol–water partition coefficient (Wildman–Crippen LogP) is 1.77. The van der Waals surface area contributed by atoms with Gasteiger partial charge in [-0.3, -0.25) is 24.1 Å². The molecule has 0 fully saturated rings. The summed E-state index contributed by atoms with van der Waals surface area (Å²) < 4.78 is 75.2. The molecular weight excluding hydrogens is 574 g/mol. The number of amides is 1. The summed E-state index contributed by atoms with van der Waals surface area (Å²) in [5.41, 5.74) is 5.63. The minimum atomic E-state index is -5.01. The fraction of sp³-hybridized carbons (Fsp3) is 0.222. The fourth-order valence-electron chi connectivity index (χ4n) is 4.71. The van der Waals surface area contributed by atoms with Gasteiger partial charge in [-0.1, -0.05) is 25.1 Å². The SMILES string of the molecule is CCC(=O)CCCN(C)C(=O)c1ccccc1-c1c2ccc(=[NH2+])c(S(=O)(=O)O)c-2oc2c(S(=O)(=O)O)c(N)ccc12. The lowest BCUT2D eigenvalue weighted by Crippen LogP contribution is -2.47. The first-order valence-electron chi connectivity index (χ1n) is 12.4. The molecule has 6 N–H and O–H groups in total. The molecule has 14 heteroatoms. The number of ketones is 1. The maximum absolute atomic E-state index is 13.6. The van der Waals surface area contributed by atoms with Crippen LogP contribution in [-0.4, -0.2) is 56.1 Å². The molecule has 0 radical (unpaired) electrons. The number of anilines is 1. The van der Waals surface area contributed by atoms with Crippen LogP contribution in [0, 0.1) is 0 Å². The van der Waals surface area contributed by atoms with Gasteiger partial charge in [-0.2, -0.15) is 16.8 Å². The molecule has 41 heavy (non-hydrogen) atoms. The number of hydrogen-bond donors (Lipinski definition) is 4. The Kier molecular flexibility index (Phi) is 8.05. The minimum absolute atomic E-state index is 0.0695. The van der Waals surface area contributed by atoms with Gasteiger partial charge in [0.05, 0.1) is 5.69 Å². The lowest BCUT2D eigenvalue weighted by Gasteiger charge is -2.22. The van der Waals surface area contributed by atoms with E-state index < -0.39 is 58.3 Å². The van der Waals surface area contributed by atoms with Gasteiger partial charge in [0.25, 0.3) is 16.0 Å². The largest absolute Gasteiger partial charge is 0.453 e. The Labute approximate surface area is 235 Å². The first-order chi connectivity index (χ1) is 19.2. The Balaban J connectivity index is 2.08. The smallest absolute Gasteiger partial charge is 0.304 e. The van der Waals surface area contributed by atoms with E-state index in [4.69, 9.17) is 15.6 Å². The molecule has 1 heterocycles. The Hall–Kier alpha value is -4.11. The van der Waals surface area contributed by atoms with Crippen molar-refractivity contribution in [3.63, 3.8) is 0 Å². The highest BCUT2D eigenvalue weighted by Crippen LogP contribution is 2.45. The second-order valence-electron chi connectivity index (χ2n) is 9.42. The van der Waals surface area contributed by atoms with Crippen molar-refractivity contribution >= 4 is 48.6 Å². The topological polar surface area (TPSA) is 211 Å². The quantitative estimate of drug-likeness (QED) is 0.124. The molecule has 1 aliphatic heterocycles. The van der Waals surface area contributed by atoms with E-state index in [9.17, 15) is 35.5 Å². The third-order valence-corrected chi connectivity index (χ3v) is 8.53. The van der Waals surface area contributed by atoms with Crippen LogP contribution in [-0.2, 0) is 25.0 Å². The first kappa shape index (κ1) is 29.9. The van der Waals surface area contributed by atoms with Gasteiger partial charge in [-0.25, -0.2) is 0 Å². The summed E-state index contributed by atoms with van der Waals surface area (Å²) in [6.45, 7) is 2.04. The minimum Gasteiger partial charge on any atom is -0.453 e. The number of nitrogen functional groups attached to an aromatic ring is 1. The van der Waals surface area contributed by atoms with Crippen LogP contribution in [0.25, 0.3) is 33.4 Å². The van der Waals surface area contributed by atoms with Crippen LogP contribution >= 0.6 is 0 Å². The molecule has 0 saturated carbocycles. The lowest BCUT2D eigenvalue weighted by atomic mass is 9.90. The van der Waals surface area contributed by atoms with Gasteiger partial charge in [-0.05, 0) is 36.2 Å². The number of Topliss-reactive ketones (excluding diaryl/α,β-unsaturated/α-hetero) is 1. The fourth-order valence-corrected chi connectivity index (χ4v) is 6.21. The van der Waals surface area contributed by atoms with E-state index in [1.54, 1.807) is 32.2 Å². The van der Waals surface area contributed by atoms with Crippen LogP contribution in [0.5, 0.6) is 0 Å². The average molecular weight is 603 g/mol. The lowest BCUT2D eigenvalue weighted by molar-refractivity contribution is -0.176. The molecule has 0 spiro atoms. The van der Waals surface area contributed by atoms with Gasteiger partial charge in [0.15, 0.2) is 16.2 Å². The first-order valence-corrected chi connectivity index (χ1v) is 15.3. The maximum Gasteiger partial charge on any atom is 0.304 e. The number of rotatable bonds is 9. The molecular formula is C27H28N3O9S2+. The summed E-state index contributed by atoms with van der Waals surface area (Å²) in [7, 11) is -8.45. The Morgan fingerprint density at radius 1 is 0.951 bits per heavy atom. The van der Waals surface area contributed by atoms with Gasteiger partial charge < -0.3 is 15.1 Å². The van der Waals surface area contributed by atoms with Crippen LogP contribution in [0.15, 0.2) is 62.7 Å². The van der Waals surface area contributed by atoms with E-state index in [-0.39, 0.29) is 40.0 Å². The van der Waals surface area contributed by atoms with Gasteiger partial charge >= 0.3 is 10.1 Å². The van der Waals surface area contributed by atoms with Crippen molar-refractivity contribution < 1.29 is 45.4 Å². The van der Waals surface area contributed by atoms with Crippen LogP contribution in [0.4, 0.5) is 5.69 Å². The summed E-state index contributed by atoms with van der Waals surface area (Å²) >= 11 is 0. The normalized spacial score (nSPS) is 12.1. The number of hydrogen-bond acceptors (Lipinski definition) is 8. The van der Waals surface area contributed by atoms with E-state index in [2.05, 4.69) is 0 Å². The molecule has 0 aromatic heterocycles. The summed E-state index contributed by atoms with van der Waals surface area (Å²) in [5.74, 6) is -0.873. The van der Waals surface area contributed by atoms with Crippen molar-refractivity contribution in [3.05, 3.63) is 59.5 Å². The van der Waals surface area contributed by atoms with E-state index >= 15 is 0 Å². The molecule has 1 aliphatic carbocycles. The molecule has 216 valence electrons. The Morgan fingerprint density at radius 2 is 1.61 bits per heavy atom. The molecule has 0 atom stereocenters. The molecule has 0 saturated heterocycles. The third-order valence-electron chi connectivity index (χ3n) is 6.66. The van der Waals surface area contributed by atoms with Crippen molar-refractivity contribution in [1.29, 1.82) is 0 Å². The molecule has 1 amide bonds. The van der Waals surface area contributed by atoms with E-state index in [1.807, 2.05) is 0 Å². The summed E-state index contributed by atoms with van der Waals surface area (Å²) in [5, 5.41) is 5.56. The van der Waals surface area contributed by atoms with E-state index in [0.717, 1.165) is 0 Å². The van der Waals surface area contributed by atoms with E-state index in [0.29, 0.717) is 19.3 Å². The number of fused-ring (bicyclic) bond motifs is 2. The summed E-state index contributed by atoms with van der Waals surface area (Å²) in [4.78, 5) is 25.1. The van der Waals surface area contributed by atoms with Crippen molar-refractivity contribution in [2.24, 2.45) is 0 Å². The number of carbonyl (C=O) groups is 2. The predicted molar refractivity (Wildman–Crippen MR) is 149 cm³/mol. The number of nitrogens with two attached hydrogens (primary N) is 2. The van der Waals surface area contributed by atoms with E-state index in [1.165, 1.54) is 35.2 Å². The zero-order valence-corrected chi connectivity index (χ0v) is 23.8. The van der Waals surface area contributed by atoms with Crippen molar-refractivity contribution in [2.45, 2.75) is 36.0 Å². The average Bonchev–Trinajstić information content (AvgIpc) is 2.89. The zero-order chi connectivity index (χ0) is 30.3. The van der Waals surface area contributed by atoms with Crippen LogP contribution in [0.1, 0.15) is 36.5 Å². The molecule has 0 unspecified atom stereocenters. The second-order valence-corrected chi connectivity index (χ2v) is 12.1. The third kappa shape index (κ3) is 5.72. The molecule has 2 aromatic rings.